The first-order valence-electron chi connectivity index (χ1n) is 9.75. The summed E-state index contributed by atoms with van der Waals surface area (Å²) in [4.78, 5) is 12.3. The molecule has 1 aliphatic rings. The third kappa shape index (κ3) is 5.65. The highest BCUT2D eigenvalue weighted by molar-refractivity contribution is 7.89. The number of benzene rings is 2. The van der Waals surface area contributed by atoms with Crippen LogP contribution >= 0.6 is 11.6 Å². The molecule has 0 bridgehead atoms. The number of hydrogen-bond donors (Lipinski definition) is 1. The van der Waals surface area contributed by atoms with E-state index in [1.807, 2.05) is 13.8 Å². The van der Waals surface area contributed by atoms with Crippen LogP contribution in [0, 0.1) is 0 Å². The van der Waals surface area contributed by atoms with Crippen LogP contribution in [0.25, 0.3) is 0 Å². The molecule has 0 saturated carbocycles. The average Bonchev–Trinajstić information content (AvgIpc) is 2.69. The van der Waals surface area contributed by atoms with Crippen LogP contribution in [0.2, 0.25) is 5.02 Å². The molecule has 0 atom stereocenters. The van der Waals surface area contributed by atoms with Crippen LogP contribution in [-0.2, 0) is 14.8 Å². The molecule has 1 aliphatic heterocycles. The molecule has 1 saturated heterocycles. The number of carbonyl (C=O) groups is 1. The Kier molecular flexibility index (Phi) is 7.23. The number of halogens is 1. The summed E-state index contributed by atoms with van der Waals surface area (Å²) in [5, 5.41) is 2.87. The molecule has 0 radical (unpaired) electrons. The zero-order valence-electron chi connectivity index (χ0n) is 16.9. The van der Waals surface area contributed by atoms with Crippen LogP contribution in [0.4, 0.5) is 10.5 Å². The minimum absolute atomic E-state index is 0.0707. The van der Waals surface area contributed by atoms with Gasteiger partial charge in [0.05, 0.1) is 11.1 Å². The molecule has 2 aromatic carbocycles. The van der Waals surface area contributed by atoms with E-state index in [4.69, 9.17) is 21.1 Å². The SMILES string of the molecule is CC(C)Oc1ccc(NC(=O)OC2CCN(S(=O)(=O)c3ccccc3Cl)CC2)cc1. The smallest absolute Gasteiger partial charge is 0.411 e. The van der Waals surface area contributed by atoms with Crippen molar-refractivity contribution in [2.75, 3.05) is 18.4 Å². The van der Waals surface area contributed by atoms with E-state index in [0.717, 1.165) is 5.75 Å². The third-order valence-electron chi connectivity index (χ3n) is 4.60. The highest BCUT2D eigenvalue weighted by atomic mass is 35.5. The Balaban J connectivity index is 1.51. The number of amides is 1. The van der Waals surface area contributed by atoms with Crippen LogP contribution in [-0.4, -0.2) is 44.1 Å². The Morgan fingerprint density at radius 3 is 2.33 bits per heavy atom. The summed E-state index contributed by atoms with van der Waals surface area (Å²) in [6.45, 7) is 4.39. The third-order valence-corrected chi connectivity index (χ3v) is 7.00. The molecule has 1 N–H and O–H groups in total. The van der Waals surface area contributed by atoms with Crippen LogP contribution < -0.4 is 10.1 Å². The van der Waals surface area contributed by atoms with E-state index in [1.165, 1.54) is 10.4 Å². The molecule has 3 rings (SSSR count). The number of sulfonamides is 1. The fourth-order valence-corrected chi connectivity index (χ4v) is 5.13. The highest BCUT2D eigenvalue weighted by Gasteiger charge is 2.32. The number of nitrogens with one attached hydrogen (secondary N) is 1. The van der Waals surface area contributed by atoms with Gasteiger partial charge in [-0.05, 0) is 63.1 Å². The van der Waals surface area contributed by atoms with E-state index in [-0.39, 0.29) is 35.2 Å². The Morgan fingerprint density at radius 1 is 1.10 bits per heavy atom. The number of hydrogen-bond acceptors (Lipinski definition) is 5. The quantitative estimate of drug-likeness (QED) is 0.696. The lowest BCUT2D eigenvalue weighted by Crippen LogP contribution is -2.41. The van der Waals surface area contributed by atoms with Crippen molar-refractivity contribution in [1.29, 1.82) is 0 Å². The number of anilines is 1. The molecule has 7 nitrogen and oxygen atoms in total. The predicted molar refractivity (Wildman–Crippen MR) is 116 cm³/mol. The van der Waals surface area contributed by atoms with Gasteiger partial charge in [0.25, 0.3) is 0 Å². The van der Waals surface area contributed by atoms with E-state index >= 15 is 0 Å². The van der Waals surface area contributed by atoms with Gasteiger partial charge in [0.15, 0.2) is 0 Å². The first kappa shape index (κ1) is 22.4. The van der Waals surface area contributed by atoms with Crippen molar-refractivity contribution < 1.29 is 22.7 Å². The topological polar surface area (TPSA) is 84.9 Å². The monoisotopic (exact) mass is 452 g/mol. The lowest BCUT2D eigenvalue weighted by Gasteiger charge is -2.31. The van der Waals surface area contributed by atoms with Crippen LogP contribution in [0.15, 0.2) is 53.4 Å². The van der Waals surface area contributed by atoms with Gasteiger partial charge in [-0.3, -0.25) is 5.32 Å². The molecular weight excluding hydrogens is 428 g/mol. The van der Waals surface area contributed by atoms with Gasteiger partial charge in [0.1, 0.15) is 16.7 Å². The van der Waals surface area contributed by atoms with E-state index in [2.05, 4.69) is 5.32 Å². The second kappa shape index (κ2) is 9.68. The van der Waals surface area contributed by atoms with Crippen LogP contribution in [0.5, 0.6) is 5.75 Å². The Hall–Kier alpha value is -2.29. The second-order valence-electron chi connectivity index (χ2n) is 7.26. The molecule has 9 heteroatoms. The van der Waals surface area contributed by atoms with Gasteiger partial charge in [-0.2, -0.15) is 4.31 Å². The van der Waals surface area contributed by atoms with E-state index in [0.29, 0.717) is 18.5 Å². The minimum atomic E-state index is -3.67. The largest absolute Gasteiger partial charge is 0.491 e. The Labute approximate surface area is 182 Å². The standard InChI is InChI=1S/C21H25ClN2O5S/c1-15(2)28-17-9-7-16(8-10-17)23-21(25)29-18-11-13-24(14-12-18)30(26,27)20-6-4-3-5-19(20)22/h3-10,15,18H,11-14H2,1-2H3,(H,23,25). The molecular formula is C21H25ClN2O5S. The van der Waals surface area contributed by atoms with E-state index in [9.17, 15) is 13.2 Å². The zero-order valence-corrected chi connectivity index (χ0v) is 18.4. The van der Waals surface area contributed by atoms with E-state index < -0.39 is 16.1 Å². The summed E-state index contributed by atoms with van der Waals surface area (Å²) in [5.41, 5.74) is 0.592. The number of piperidine rings is 1. The second-order valence-corrected chi connectivity index (χ2v) is 9.57. The summed E-state index contributed by atoms with van der Waals surface area (Å²) in [6.07, 6.45) is -0.0242. The predicted octanol–water partition coefficient (Wildman–Crippen LogP) is 4.53. The van der Waals surface area contributed by atoms with Gasteiger partial charge in [-0.25, -0.2) is 13.2 Å². The number of nitrogens with zero attached hydrogens (tertiary/aromatic N) is 1. The van der Waals surface area contributed by atoms with Crippen LogP contribution in [0.1, 0.15) is 26.7 Å². The van der Waals surface area contributed by atoms with Crippen molar-refractivity contribution in [3.8, 4) is 5.75 Å². The first-order chi connectivity index (χ1) is 14.3. The molecule has 162 valence electrons. The van der Waals surface area contributed by atoms with E-state index in [1.54, 1.807) is 42.5 Å². The maximum Gasteiger partial charge on any atom is 0.411 e. The number of carbonyl (C=O) groups excluding carboxylic acids is 1. The lowest BCUT2D eigenvalue weighted by atomic mass is 10.1. The summed E-state index contributed by atoms with van der Waals surface area (Å²) in [7, 11) is -3.67. The average molecular weight is 453 g/mol. The summed E-state index contributed by atoms with van der Waals surface area (Å²) in [5.74, 6) is 0.719. The van der Waals surface area contributed by atoms with Crippen molar-refractivity contribution in [2.45, 2.75) is 43.8 Å². The molecule has 1 heterocycles. The fourth-order valence-electron chi connectivity index (χ4n) is 3.17. The number of rotatable bonds is 6. The highest BCUT2D eigenvalue weighted by Crippen LogP contribution is 2.27. The normalized spacial score (nSPS) is 15.7. The van der Waals surface area contributed by atoms with Crippen molar-refractivity contribution in [3.63, 3.8) is 0 Å². The minimum Gasteiger partial charge on any atom is -0.491 e. The van der Waals surface area contributed by atoms with Crippen molar-refractivity contribution in [2.24, 2.45) is 0 Å². The van der Waals surface area contributed by atoms with Crippen molar-refractivity contribution >= 4 is 33.4 Å². The van der Waals surface area contributed by atoms with Gasteiger partial charge in [0.2, 0.25) is 10.0 Å². The first-order valence-corrected chi connectivity index (χ1v) is 11.6. The van der Waals surface area contributed by atoms with Crippen molar-refractivity contribution in [3.05, 3.63) is 53.6 Å². The summed E-state index contributed by atoms with van der Waals surface area (Å²) in [6, 6.07) is 13.4. The molecule has 1 amide bonds. The molecule has 0 aromatic heterocycles. The van der Waals surface area contributed by atoms with Gasteiger partial charge in [0, 0.05) is 18.8 Å². The van der Waals surface area contributed by atoms with Crippen molar-refractivity contribution in [1.82, 2.24) is 4.31 Å². The Morgan fingerprint density at radius 2 is 1.73 bits per heavy atom. The van der Waals surface area contributed by atoms with Gasteiger partial charge < -0.3 is 9.47 Å². The van der Waals surface area contributed by atoms with Gasteiger partial charge >= 0.3 is 6.09 Å². The molecule has 0 aliphatic carbocycles. The summed E-state index contributed by atoms with van der Waals surface area (Å²) >= 11 is 6.05. The molecule has 30 heavy (non-hydrogen) atoms. The molecule has 0 unspecified atom stereocenters. The summed E-state index contributed by atoms with van der Waals surface area (Å²) < 4.78 is 38.0. The Bertz CT molecular complexity index is 971. The van der Waals surface area contributed by atoms with Crippen LogP contribution in [0.3, 0.4) is 0 Å². The maximum atomic E-state index is 12.8. The molecule has 1 fully saturated rings. The molecule has 2 aromatic rings. The van der Waals surface area contributed by atoms with Gasteiger partial charge in [-0.15, -0.1) is 0 Å². The lowest BCUT2D eigenvalue weighted by molar-refractivity contribution is 0.0774. The zero-order chi connectivity index (χ0) is 21.7. The fraction of sp³-hybridized carbons (Fsp3) is 0.381. The molecule has 0 spiro atoms. The number of ether oxygens (including phenoxy) is 2. The van der Waals surface area contributed by atoms with Gasteiger partial charge in [-0.1, -0.05) is 23.7 Å². The maximum absolute atomic E-state index is 12.8.